The first-order valence-corrected chi connectivity index (χ1v) is 8.66. The molecule has 4 atom stereocenters. The second-order valence-electron chi connectivity index (χ2n) is 6.32. The summed E-state index contributed by atoms with van der Waals surface area (Å²) in [5.41, 5.74) is 0. The third kappa shape index (κ3) is 3.72. The summed E-state index contributed by atoms with van der Waals surface area (Å²) in [7, 11) is 0. The molecule has 0 aromatic rings. The van der Waals surface area contributed by atoms with Gasteiger partial charge in [-0.3, -0.25) is 4.79 Å². The lowest BCUT2D eigenvalue weighted by Crippen LogP contribution is -2.39. The molecule has 2 nitrogen and oxygen atoms in total. The molecule has 0 bridgehead atoms. The Morgan fingerprint density at radius 2 is 1.94 bits per heavy atom. The summed E-state index contributed by atoms with van der Waals surface area (Å²) in [6, 6.07) is 0. The lowest BCUT2D eigenvalue weighted by atomic mass is 9.67. The molecule has 2 aliphatic carbocycles. The fourth-order valence-electron chi connectivity index (χ4n) is 3.59. The molecule has 0 saturated heterocycles. The van der Waals surface area contributed by atoms with E-state index in [4.69, 9.17) is 0 Å². The van der Waals surface area contributed by atoms with Crippen LogP contribution in [0.5, 0.6) is 0 Å². The molecule has 0 heterocycles. The van der Waals surface area contributed by atoms with Crippen molar-refractivity contribution in [1.29, 1.82) is 0 Å². The molecule has 3 heteroatoms. The number of nitrogens with one attached hydrogen (secondary N) is 1. The van der Waals surface area contributed by atoms with E-state index in [1.54, 1.807) is 0 Å². The normalized spacial score (nSPS) is 33.6. The van der Waals surface area contributed by atoms with Gasteiger partial charge in [-0.25, -0.2) is 0 Å². The van der Waals surface area contributed by atoms with Crippen LogP contribution in [-0.4, -0.2) is 17.8 Å². The molecule has 104 valence electrons. The smallest absolute Gasteiger partial charge is 0.223 e. The summed E-state index contributed by atoms with van der Waals surface area (Å²) in [5.74, 6) is 2.92. The highest BCUT2D eigenvalue weighted by atomic mass is 79.9. The van der Waals surface area contributed by atoms with Gasteiger partial charge in [0.2, 0.25) is 5.91 Å². The zero-order chi connectivity index (χ0) is 13.0. The van der Waals surface area contributed by atoms with Crippen molar-refractivity contribution in [2.75, 3.05) is 11.9 Å². The van der Waals surface area contributed by atoms with Gasteiger partial charge in [0, 0.05) is 17.8 Å². The van der Waals surface area contributed by atoms with Crippen molar-refractivity contribution in [3.05, 3.63) is 0 Å². The summed E-state index contributed by atoms with van der Waals surface area (Å²) in [6.07, 6.45) is 9.15. The van der Waals surface area contributed by atoms with Crippen LogP contribution in [0.4, 0.5) is 0 Å². The highest BCUT2D eigenvalue weighted by Gasteiger charge is 2.34. The Morgan fingerprint density at radius 3 is 2.67 bits per heavy atom. The molecule has 2 fully saturated rings. The number of carbonyl (C=O) groups is 1. The molecule has 0 aliphatic heterocycles. The Bertz CT molecular complexity index is 282. The molecular formula is C15H26BrNO. The zero-order valence-electron chi connectivity index (χ0n) is 11.5. The minimum absolute atomic E-state index is 0.298. The van der Waals surface area contributed by atoms with Crippen LogP contribution in [0.25, 0.3) is 0 Å². The number of hydrogen-bond acceptors (Lipinski definition) is 1. The molecule has 2 saturated carbocycles. The molecule has 1 amide bonds. The van der Waals surface area contributed by atoms with E-state index in [0.717, 1.165) is 36.6 Å². The van der Waals surface area contributed by atoms with Crippen LogP contribution in [0.3, 0.4) is 0 Å². The predicted octanol–water partition coefficient (Wildman–Crippen LogP) is 3.74. The first kappa shape index (κ1) is 14.4. The van der Waals surface area contributed by atoms with Crippen molar-refractivity contribution in [2.45, 2.75) is 51.9 Å². The quantitative estimate of drug-likeness (QED) is 0.787. The highest BCUT2D eigenvalue weighted by molar-refractivity contribution is 9.09. The van der Waals surface area contributed by atoms with Gasteiger partial charge in [0.05, 0.1) is 0 Å². The van der Waals surface area contributed by atoms with Crippen LogP contribution in [0.2, 0.25) is 0 Å². The van der Waals surface area contributed by atoms with Gasteiger partial charge in [-0.1, -0.05) is 48.5 Å². The van der Waals surface area contributed by atoms with Crippen molar-refractivity contribution in [3.8, 4) is 0 Å². The van der Waals surface area contributed by atoms with Gasteiger partial charge in [0.25, 0.3) is 0 Å². The monoisotopic (exact) mass is 315 g/mol. The van der Waals surface area contributed by atoms with E-state index in [0.29, 0.717) is 17.7 Å². The van der Waals surface area contributed by atoms with Crippen LogP contribution < -0.4 is 5.32 Å². The summed E-state index contributed by atoms with van der Waals surface area (Å²) in [5, 5.41) is 4.09. The standard InChI is InChI=1S/C15H26BrNO/c1-11(9-16)10-17-15(18)14-7-6-12-4-2-3-5-13(12)8-14/h11-14H,2-10H2,1H3,(H,17,18). The Kier molecular flexibility index (Phi) is 5.53. The van der Waals surface area contributed by atoms with Crippen molar-refractivity contribution >= 4 is 21.8 Å². The van der Waals surface area contributed by atoms with E-state index in [2.05, 4.69) is 28.2 Å². The number of carbonyl (C=O) groups excluding carboxylic acids is 1. The zero-order valence-corrected chi connectivity index (χ0v) is 13.0. The average Bonchev–Trinajstić information content (AvgIpc) is 2.43. The molecule has 0 aromatic carbocycles. The SMILES string of the molecule is CC(CBr)CNC(=O)C1CCC2CCCCC2C1. The van der Waals surface area contributed by atoms with Gasteiger partial charge in [0.15, 0.2) is 0 Å². The number of amides is 1. The predicted molar refractivity (Wildman–Crippen MR) is 78.8 cm³/mol. The van der Waals surface area contributed by atoms with Gasteiger partial charge in [0.1, 0.15) is 0 Å². The molecule has 0 radical (unpaired) electrons. The van der Waals surface area contributed by atoms with Crippen LogP contribution in [0, 0.1) is 23.7 Å². The first-order chi connectivity index (χ1) is 8.70. The Labute approximate surface area is 119 Å². The summed E-state index contributed by atoms with van der Waals surface area (Å²) in [4.78, 5) is 12.2. The number of rotatable bonds is 4. The third-order valence-electron chi connectivity index (χ3n) is 4.80. The van der Waals surface area contributed by atoms with Gasteiger partial charge in [-0.15, -0.1) is 0 Å². The molecule has 2 rings (SSSR count). The summed E-state index contributed by atoms with van der Waals surface area (Å²) >= 11 is 3.46. The van der Waals surface area contributed by atoms with Gasteiger partial charge >= 0.3 is 0 Å². The molecule has 4 unspecified atom stereocenters. The van der Waals surface area contributed by atoms with Crippen molar-refractivity contribution in [1.82, 2.24) is 5.32 Å². The molecule has 0 aromatic heterocycles. The van der Waals surface area contributed by atoms with E-state index in [1.807, 2.05) is 0 Å². The minimum Gasteiger partial charge on any atom is -0.356 e. The first-order valence-electron chi connectivity index (χ1n) is 7.54. The van der Waals surface area contributed by atoms with E-state index >= 15 is 0 Å². The minimum atomic E-state index is 0.298. The molecule has 2 aliphatic rings. The number of fused-ring (bicyclic) bond motifs is 1. The maximum Gasteiger partial charge on any atom is 0.223 e. The summed E-state index contributed by atoms with van der Waals surface area (Å²) < 4.78 is 0. The van der Waals surface area contributed by atoms with Gasteiger partial charge in [-0.05, 0) is 37.0 Å². The lowest BCUT2D eigenvalue weighted by Gasteiger charge is -2.38. The number of halogens is 1. The van der Waals surface area contributed by atoms with Crippen LogP contribution in [0.1, 0.15) is 51.9 Å². The average molecular weight is 316 g/mol. The molecule has 0 spiro atoms. The second-order valence-corrected chi connectivity index (χ2v) is 6.97. The third-order valence-corrected chi connectivity index (χ3v) is 5.90. The topological polar surface area (TPSA) is 29.1 Å². The van der Waals surface area contributed by atoms with Gasteiger partial charge < -0.3 is 5.32 Å². The number of alkyl halides is 1. The fraction of sp³-hybridized carbons (Fsp3) is 0.933. The van der Waals surface area contributed by atoms with Crippen LogP contribution in [0.15, 0.2) is 0 Å². The number of hydrogen-bond donors (Lipinski definition) is 1. The lowest BCUT2D eigenvalue weighted by molar-refractivity contribution is -0.127. The van der Waals surface area contributed by atoms with Gasteiger partial charge in [-0.2, -0.15) is 0 Å². The van der Waals surface area contributed by atoms with Crippen LogP contribution >= 0.6 is 15.9 Å². The second kappa shape index (κ2) is 6.93. The Morgan fingerprint density at radius 1 is 1.22 bits per heavy atom. The van der Waals surface area contributed by atoms with E-state index in [-0.39, 0.29) is 0 Å². The maximum atomic E-state index is 12.2. The molecule has 18 heavy (non-hydrogen) atoms. The van der Waals surface area contributed by atoms with Crippen molar-refractivity contribution in [2.24, 2.45) is 23.7 Å². The Balaban J connectivity index is 1.77. The molecular weight excluding hydrogens is 290 g/mol. The van der Waals surface area contributed by atoms with Crippen molar-refractivity contribution in [3.63, 3.8) is 0 Å². The van der Waals surface area contributed by atoms with E-state index in [9.17, 15) is 4.79 Å². The van der Waals surface area contributed by atoms with Crippen molar-refractivity contribution < 1.29 is 4.79 Å². The summed E-state index contributed by atoms with van der Waals surface area (Å²) in [6.45, 7) is 2.97. The van der Waals surface area contributed by atoms with E-state index in [1.165, 1.54) is 32.1 Å². The maximum absolute atomic E-state index is 12.2. The van der Waals surface area contributed by atoms with E-state index < -0.39 is 0 Å². The highest BCUT2D eigenvalue weighted by Crippen LogP contribution is 2.42. The largest absolute Gasteiger partial charge is 0.356 e. The molecule has 1 N–H and O–H groups in total. The Hall–Kier alpha value is -0.0500. The van der Waals surface area contributed by atoms with Crippen LogP contribution in [-0.2, 0) is 4.79 Å². The fourth-order valence-corrected chi connectivity index (χ4v) is 3.81.